The van der Waals surface area contributed by atoms with E-state index in [4.69, 9.17) is 4.42 Å². The van der Waals surface area contributed by atoms with Gasteiger partial charge in [0.2, 0.25) is 11.8 Å². The molecule has 0 atom stereocenters. The lowest BCUT2D eigenvalue weighted by atomic mass is 9.98. The van der Waals surface area contributed by atoms with Crippen LogP contribution in [0, 0.1) is 11.3 Å². The van der Waals surface area contributed by atoms with E-state index in [-0.39, 0.29) is 17.5 Å². The number of anilines is 1. The number of hydrogen-bond acceptors (Lipinski definition) is 5. The molecule has 5 aromatic rings. The highest BCUT2D eigenvalue weighted by atomic mass is 32.2. The van der Waals surface area contributed by atoms with Gasteiger partial charge in [0.05, 0.1) is 11.3 Å². The van der Waals surface area contributed by atoms with Crippen LogP contribution in [0.4, 0.5) is 5.88 Å². The number of furan rings is 1. The second kappa shape index (κ2) is 9.65. The lowest BCUT2D eigenvalue weighted by Gasteiger charge is -2.06. The third-order valence-corrected chi connectivity index (χ3v) is 6.37. The molecule has 1 amide bonds. The number of amides is 1. The molecule has 0 aliphatic carbocycles. The molecular weight excluding hydrogens is 442 g/mol. The molecule has 0 unspecified atom stereocenters. The highest BCUT2D eigenvalue weighted by Gasteiger charge is 2.24. The van der Waals surface area contributed by atoms with Crippen molar-refractivity contribution in [2.24, 2.45) is 0 Å². The molecule has 0 aliphatic heterocycles. The van der Waals surface area contributed by atoms with Gasteiger partial charge in [-0.25, -0.2) is 0 Å². The van der Waals surface area contributed by atoms with Gasteiger partial charge in [0.25, 0.3) is 0 Å². The van der Waals surface area contributed by atoms with Crippen LogP contribution in [0.15, 0.2) is 107 Å². The molecule has 6 heteroatoms. The van der Waals surface area contributed by atoms with E-state index < -0.39 is 0 Å². The molecule has 0 spiro atoms. The molecule has 5 rings (SSSR count). The summed E-state index contributed by atoms with van der Waals surface area (Å²) in [6, 6.07) is 31.1. The zero-order valence-corrected chi connectivity index (χ0v) is 18.9. The number of benzene rings is 3. The Morgan fingerprint density at radius 1 is 0.912 bits per heavy atom. The normalized spacial score (nSPS) is 10.7. The lowest BCUT2D eigenvalue weighted by Crippen LogP contribution is -2.14. The Morgan fingerprint density at radius 2 is 1.62 bits per heavy atom. The van der Waals surface area contributed by atoms with Crippen LogP contribution >= 0.6 is 11.8 Å². The number of thioether (sulfide) groups is 1. The van der Waals surface area contributed by atoms with Crippen LogP contribution in [0.3, 0.4) is 0 Å². The maximum atomic E-state index is 12.9. The van der Waals surface area contributed by atoms with E-state index >= 15 is 0 Å². The fourth-order valence-electron chi connectivity index (χ4n) is 3.80. The molecule has 0 radical (unpaired) electrons. The molecule has 0 bridgehead atoms. The van der Waals surface area contributed by atoms with E-state index in [9.17, 15) is 10.1 Å². The van der Waals surface area contributed by atoms with Gasteiger partial charge in [-0.3, -0.25) is 15.1 Å². The predicted octanol–water partition coefficient (Wildman–Crippen LogP) is 6.76. The molecule has 0 aliphatic rings. The van der Waals surface area contributed by atoms with Crippen molar-refractivity contribution in [2.45, 2.75) is 4.90 Å². The largest absolute Gasteiger partial charge is 0.438 e. The van der Waals surface area contributed by atoms with Gasteiger partial charge in [-0.15, -0.1) is 11.8 Å². The van der Waals surface area contributed by atoms with Crippen molar-refractivity contribution in [3.05, 3.63) is 103 Å². The Hall–Kier alpha value is -4.34. The Bertz CT molecular complexity index is 1500. The van der Waals surface area contributed by atoms with Crippen LogP contribution in [0.5, 0.6) is 0 Å². The number of aromatic nitrogens is 1. The van der Waals surface area contributed by atoms with Crippen molar-refractivity contribution < 1.29 is 9.21 Å². The average molecular weight is 462 g/mol. The first-order valence-electron chi connectivity index (χ1n) is 10.7. The summed E-state index contributed by atoms with van der Waals surface area (Å²) < 4.78 is 6.09. The van der Waals surface area contributed by atoms with Gasteiger partial charge < -0.3 is 4.42 Å². The lowest BCUT2D eigenvalue weighted by molar-refractivity contribution is -0.113. The molecule has 34 heavy (non-hydrogen) atoms. The van der Waals surface area contributed by atoms with Gasteiger partial charge in [-0.2, -0.15) is 5.26 Å². The average Bonchev–Trinajstić information content (AvgIpc) is 3.26. The first-order valence-corrected chi connectivity index (χ1v) is 11.7. The van der Waals surface area contributed by atoms with Crippen molar-refractivity contribution in [3.63, 3.8) is 0 Å². The van der Waals surface area contributed by atoms with Gasteiger partial charge >= 0.3 is 0 Å². The van der Waals surface area contributed by atoms with E-state index in [0.717, 1.165) is 26.9 Å². The molecule has 2 aromatic heterocycles. The summed E-state index contributed by atoms with van der Waals surface area (Å²) in [6.07, 6.45) is 1.74. The number of rotatable bonds is 6. The summed E-state index contributed by atoms with van der Waals surface area (Å²) in [5.41, 5.74) is 3.50. The molecule has 5 nitrogen and oxygen atoms in total. The fourth-order valence-corrected chi connectivity index (χ4v) is 4.64. The van der Waals surface area contributed by atoms with Gasteiger partial charge in [-0.1, -0.05) is 78.9 Å². The smallest absolute Gasteiger partial charge is 0.237 e. The summed E-state index contributed by atoms with van der Waals surface area (Å²) in [5.74, 6) is 0.594. The van der Waals surface area contributed by atoms with Crippen LogP contribution in [0.25, 0.3) is 33.4 Å². The number of para-hydroxylation sites is 1. The SMILES string of the molecule is N#Cc1c(NC(=O)CSc2cccc3cccnc23)oc(-c2ccccc2)c1-c1ccccc1. The van der Waals surface area contributed by atoms with Gasteiger partial charge in [0.15, 0.2) is 0 Å². The topological polar surface area (TPSA) is 78.9 Å². The minimum absolute atomic E-state index is 0.154. The summed E-state index contributed by atoms with van der Waals surface area (Å²) in [4.78, 5) is 18.2. The van der Waals surface area contributed by atoms with Crippen molar-refractivity contribution in [1.82, 2.24) is 4.98 Å². The predicted molar refractivity (Wildman–Crippen MR) is 135 cm³/mol. The van der Waals surface area contributed by atoms with Crippen LogP contribution in [0.1, 0.15) is 5.56 Å². The van der Waals surface area contributed by atoms with Crippen molar-refractivity contribution in [2.75, 3.05) is 11.1 Å². The third-order valence-electron chi connectivity index (χ3n) is 5.33. The van der Waals surface area contributed by atoms with Crippen LogP contribution in [-0.4, -0.2) is 16.6 Å². The highest BCUT2D eigenvalue weighted by molar-refractivity contribution is 8.00. The second-order valence-electron chi connectivity index (χ2n) is 7.52. The minimum Gasteiger partial charge on any atom is -0.438 e. The van der Waals surface area contributed by atoms with Crippen molar-refractivity contribution in [3.8, 4) is 28.5 Å². The summed E-state index contributed by atoms with van der Waals surface area (Å²) in [6.45, 7) is 0. The summed E-state index contributed by atoms with van der Waals surface area (Å²) >= 11 is 1.40. The number of nitriles is 1. The first-order chi connectivity index (χ1) is 16.7. The number of carbonyl (C=O) groups is 1. The standard InChI is InChI=1S/C28H19N3O2S/c29-17-22-25(19-9-3-1-4-10-19)27(21-11-5-2-6-12-21)33-28(22)31-24(32)18-34-23-15-7-13-20-14-8-16-30-26(20)23/h1-16H,18H2,(H,31,32). The van der Waals surface area contributed by atoms with Gasteiger partial charge in [0.1, 0.15) is 17.4 Å². The fraction of sp³-hybridized carbons (Fsp3) is 0.0357. The number of hydrogen-bond donors (Lipinski definition) is 1. The molecule has 2 heterocycles. The van der Waals surface area contributed by atoms with E-state index in [2.05, 4.69) is 16.4 Å². The quantitative estimate of drug-likeness (QED) is 0.283. The minimum atomic E-state index is -0.262. The Balaban J connectivity index is 1.45. The Morgan fingerprint density at radius 3 is 2.35 bits per heavy atom. The van der Waals surface area contributed by atoms with E-state index in [1.165, 1.54) is 11.8 Å². The Labute approximate surface area is 201 Å². The molecular formula is C28H19N3O2S. The van der Waals surface area contributed by atoms with Gasteiger partial charge in [0, 0.05) is 27.6 Å². The molecule has 0 saturated heterocycles. The number of pyridine rings is 1. The Kier molecular flexibility index (Phi) is 6.11. The van der Waals surface area contributed by atoms with E-state index in [1.807, 2.05) is 91.0 Å². The molecule has 0 saturated carbocycles. The highest BCUT2D eigenvalue weighted by Crippen LogP contribution is 2.41. The molecule has 0 fully saturated rings. The maximum absolute atomic E-state index is 12.9. The number of fused-ring (bicyclic) bond motifs is 1. The van der Waals surface area contributed by atoms with Crippen LogP contribution in [0.2, 0.25) is 0 Å². The van der Waals surface area contributed by atoms with Crippen LogP contribution < -0.4 is 5.32 Å². The number of carbonyl (C=O) groups excluding carboxylic acids is 1. The first kappa shape index (κ1) is 21.5. The summed E-state index contributed by atoms with van der Waals surface area (Å²) in [5, 5.41) is 13.8. The zero-order valence-electron chi connectivity index (χ0n) is 18.1. The molecule has 3 aromatic carbocycles. The van der Waals surface area contributed by atoms with Crippen molar-refractivity contribution in [1.29, 1.82) is 5.26 Å². The zero-order chi connectivity index (χ0) is 23.3. The summed E-state index contributed by atoms with van der Waals surface area (Å²) in [7, 11) is 0. The van der Waals surface area contributed by atoms with Crippen LogP contribution in [-0.2, 0) is 4.79 Å². The maximum Gasteiger partial charge on any atom is 0.237 e. The number of nitrogens with one attached hydrogen (secondary N) is 1. The monoisotopic (exact) mass is 461 g/mol. The van der Waals surface area contributed by atoms with E-state index in [1.54, 1.807) is 6.20 Å². The molecule has 164 valence electrons. The van der Waals surface area contributed by atoms with Crippen molar-refractivity contribution >= 4 is 34.5 Å². The molecule has 1 N–H and O–H groups in total. The second-order valence-corrected chi connectivity index (χ2v) is 8.54. The van der Waals surface area contributed by atoms with Gasteiger partial charge in [-0.05, 0) is 17.7 Å². The number of nitrogens with zero attached hydrogens (tertiary/aromatic N) is 2. The third kappa shape index (κ3) is 4.29. The van der Waals surface area contributed by atoms with E-state index in [0.29, 0.717) is 16.9 Å².